The monoisotopic (exact) mass is 372 g/mol. The zero-order valence-electron chi connectivity index (χ0n) is 16.3. The van der Waals surface area contributed by atoms with Crippen LogP contribution in [0.4, 0.5) is 5.69 Å². The maximum absolute atomic E-state index is 12.7. The van der Waals surface area contributed by atoms with E-state index >= 15 is 0 Å². The molecule has 0 heterocycles. The first-order chi connectivity index (χ1) is 13.4. The first-order valence-corrected chi connectivity index (χ1v) is 9.28. The number of anilines is 1. The minimum atomic E-state index is -0.237. The molecule has 4 nitrogen and oxygen atoms in total. The summed E-state index contributed by atoms with van der Waals surface area (Å²) in [6.45, 7) is 5.86. The summed E-state index contributed by atoms with van der Waals surface area (Å²) in [6.07, 6.45) is 0. The Balaban J connectivity index is 1.73. The van der Waals surface area contributed by atoms with Crippen LogP contribution in [-0.4, -0.2) is 11.8 Å². The fourth-order valence-electron chi connectivity index (χ4n) is 2.97. The number of amides is 2. The van der Waals surface area contributed by atoms with Crippen molar-refractivity contribution in [3.63, 3.8) is 0 Å². The average molecular weight is 372 g/mol. The minimum Gasteiger partial charge on any atom is -0.346 e. The Morgan fingerprint density at radius 1 is 0.786 bits per heavy atom. The molecule has 0 saturated heterocycles. The third-order valence-electron chi connectivity index (χ3n) is 4.68. The Hall–Kier alpha value is -3.40. The zero-order valence-corrected chi connectivity index (χ0v) is 16.3. The van der Waals surface area contributed by atoms with Crippen LogP contribution in [0.3, 0.4) is 0 Å². The Kier molecular flexibility index (Phi) is 5.90. The van der Waals surface area contributed by atoms with Crippen molar-refractivity contribution in [1.29, 1.82) is 0 Å². The molecule has 28 heavy (non-hydrogen) atoms. The van der Waals surface area contributed by atoms with Gasteiger partial charge < -0.3 is 10.6 Å². The molecule has 0 aliphatic carbocycles. The molecular formula is C24H24N2O2. The largest absolute Gasteiger partial charge is 0.346 e. The fourth-order valence-corrected chi connectivity index (χ4v) is 2.97. The van der Waals surface area contributed by atoms with Crippen molar-refractivity contribution in [3.8, 4) is 0 Å². The normalized spacial score (nSPS) is 11.5. The van der Waals surface area contributed by atoms with Gasteiger partial charge in [0, 0.05) is 16.8 Å². The van der Waals surface area contributed by atoms with Crippen LogP contribution in [-0.2, 0) is 0 Å². The predicted octanol–water partition coefficient (Wildman–Crippen LogP) is 5.05. The number of aryl methyl sites for hydroxylation is 2. The molecular weight excluding hydrogens is 348 g/mol. The van der Waals surface area contributed by atoms with Crippen LogP contribution < -0.4 is 10.6 Å². The Bertz CT molecular complexity index is 996. The van der Waals surface area contributed by atoms with Gasteiger partial charge in [-0.15, -0.1) is 0 Å². The van der Waals surface area contributed by atoms with E-state index < -0.39 is 0 Å². The van der Waals surface area contributed by atoms with E-state index in [4.69, 9.17) is 0 Å². The predicted molar refractivity (Wildman–Crippen MR) is 113 cm³/mol. The van der Waals surface area contributed by atoms with Crippen molar-refractivity contribution in [1.82, 2.24) is 5.32 Å². The summed E-state index contributed by atoms with van der Waals surface area (Å²) in [5.41, 5.74) is 4.77. The SMILES string of the molecule is Cc1ccc(C)c(NC(=O)c2cccc(C(=O)NC(C)c3ccccc3)c2)c1. The highest BCUT2D eigenvalue weighted by Crippen LogP contribution is 2.18. The van der Waals surface area contributed by atoms with Crippen molar-refractivity contribution < 1.29 is 9.59 Å². The van der Waals surface area contributed by atoms with Gasteiger partial charge in [0.15, 0.2) is 0 Å². The van der Waals surface area contributed by atoms with E-state index in [1.54, 1.807) is 24.3 Å². The fraction of sp³-hybridized carbons (Fsp3) is 0.167. The van der Waals surface area contributed by atoms with E-state index in [0.29, 0.717) is 11.1 Å². The van der Waals surface area contributed by atoms with E-state index in [-0.39, 0.29) is 17.9 Å². The van der Waals surface area contributed by atoms with Crippen LogP contribution in [0.2, 0.25) is 0 Å². The van der Waals surface area contributed by atoms with E-state index in [1.807, 2.05) is 69.3 Å². The van der Waals surface area contributed by atoms with Crippen LogP contribution in [0.25, 0.3) is 0 Å². The number of hydrogen-bond donors (Lipinski definition) is 2. The van der Waals surface area contributed by atoms with Crippen LogP contribution in [0.1, 0.15) is 50.4 Å². The summed E-state index contributed by atoms with van der Waals surface area (Å²) in [5.74, 6) is -0.447. The van der Waals surface area contributed by atoms with Crippen LogP contribution in [0.15, 0.2) is 72.8 Å². The standard InChI is InChI=1S/C24H24N2O2/c1-16-12-13-17(2)22(14-16)26-24(28)21-11-7-10-20(15-21)23(27)25-18(3)19-8-5-4-6-9-19/h4-15,18H,1-3H3,(H,25,27)(H,26,28). The van der Waals surface area contributed by atoms with Crippen molar-refractivity contribution in [2.45, 2.75) is 26.8 Å². The molecule has 0 saturated carbocycles. The quantitative estimate of drug-likeness (QED) is 0.659. The lowest BCUT2D eigenvalue weighted by Gasteiger charge is -2.15. The maximum Gasteiger partial charge on any atom is 0.255 e. The summed E-state index contributed by atoms with van der Waals surface area (Å²) in [6, 6.07) is 22.3. The summed E-state index contributed by atoms with van der Waals surface area (Å²) >= 11 is 0. The van der Waals surface area contributed by atoms with Crippen LogP contribution in [0.5, 0.6) is 0 Å². The minimum absolute atomic E-state index is 0.124. The molecule has 0 bridgehead atoms. The molecule has 1 atom stereocenters. The Morgan fingerprint density at radius 2 is 1.46 bits per heavy atom. The third kappa shape index (κ3) is 4.65. The van der Waals surface area contributed by atoms with Gasteiger partial charge in [-0.1, -0.05) is 48.5 Å². The summed E-state index contributed by atoms with van der Waals surface area (Å²) < 4.78 is 0. The van der Waals surface area contributed by atoms with Gasteiger partial charge in [0.25, 0.3) is 11.8 Å². The topological polar surface area (TPSA) is 58.2 Å². The lowest BCUT2D eigenvalue weighted by atomic mass is 10.1. The number of carbonyl (C=O) groups is 2. The Morgan fingerprint density at radius 3 is 2.18 bits per heavy atom. The first-order valence-electron chi connectivity index (χ1n) is 9.28. The molecule has 3 rings (SSSR count). The lowest BCUT2D eigenvalue weighted by Crippen LogP contribution is -2.27. The molecule has 0 radical (unpaired) electrons. The highest BCUT2D eigenvalue weighted by atomic mass is 16.2. The average Bonchev–Trinajstić information content (AvgIpc) is 2.71. The number of rotatable bonds is 5. The molecule has 2 amide bonds. The van der Waals surface area contributed by atoms with Crippen molar-refractivity contribution in [2.24, 2.45) is 0 Å². The molecule has 0 aromatic heterocycles. The highest BCUT2D eigenvalue weighted by molar-refractivity contribution is 6.06. The Labute approximate surface area is 165 Å². The summed E-state index contributed by atoms with van der Waals surface area (Å²) in [7, 11) is 0. The summed E-state index contributed by atoms with van der Waals surface area (Å²) in [4.78, 5) is 25.3. The van der Waals surface area contributed by atoms with Crippen molar-refractivity contribution in [2.75, 3.05) is 5.32 Å². The molecule has 0 fully saturated rings. The maximum atomic E-state index is 12.7. The molecule has 1 unspecified atom stereocenters. The second-order valence-corrected chi connectivity index (χ2v) is 6.96. The molecule has 142 valence electrons. The van der Waals surface area contributed by atoms with Crippen LogP contribution >= 0.6 is 0 Å². The molecule has 4 heteroatoms. The van der Waals surface area contributed by atoms with Crippen molar-refractivity contribution in [3.05, 3.63) is 101 Å². The van der Waals surface area contributed by atoms with Gasteiger partial charge in [-0.25, -0.2) is 0 Å². The van der Waals surface area contributed by atoms with Gasteiger partial charge in [-0.3, -0.25) is 9.59 Å². The molecule has 3 aromatic carbocycles. The molecule has 2 N–H and O–H groups in total. The number of carbonyl (C=O) groups excluding carboxylic acids is 2. The number of nitrogens with one attached hydrogen (secondary N) is 2. The highest BCUT2D eigenvalue weighted by Gasteiger charge is 2.14. The molecule has 0 aliphatic heterocycles. The smallest absolute Gasteiger partial charge is 0.255 e. The van der Waals surface area contributed by atoms with Gasteiger partial charge in [-0.05, 0) is 61.7 Å². The first kappa shape index (κ1) is 19.4. The van der Waals surface area contributed by atoms with Gasteiger partial charge in [0.05, 0.1) is 6.04 Å². The van der Waals surface area contributed by atoms with Gasteiger partial charge in [0.2, 0.25) is 0 Å². The van der Waals surface area contributed by atoms with Crippen LogP contribution in [0, 0.1) is 13.8 Å². The molecule has 0 aliphatic rings. The lowest BCUT2D eigenvalue weighted by molar-refractivity contribution is 0.0940. The summed E-state index contributed by atoms with van der Waals surface area (Å²) in [5, 5.41) is 5.90. The second kappa shape index (κ2) is 8.53. The second-order valence-electron chi connectivity index (χ2n) is 6.96. The van der Waals surface area contributed by atoms with E-state index in [0.717, 1.165) is 22.4 Å². The zero-order chi connectivity index (χ0) is 20.1. The number of hydrogen-bond acceptors (Lipinski definition) is 2. The molecule has 3 aromatic rings. The van der Waals surface area contributed by atoms with Crippen molar-refractivity contribution >= 4 is 17.5 Å². The van der Waals surface area contributed by atoms with E-state index in [2.05, 4.69) is 10.6 Å². The van der Waals surface area contributed by atoms with Gasteiger partial charge in [-0.2, -0.15) is 0 Å². The van der Waals surface area contributed by atoms with E-state index in [1.165, 1.54) is 0 Å². The third-order valence-corrected chi connectivity index (χ3v) is 4.68. The van der Waals surface area contributed by atoms with Gasteiger partial charge in [0.1, 0.15) is 0 Å². The molecule has 0 spiro atoms. The van der Waals surface area contributed by atoms with E-state index in [9.17, 15) is 9.59 Å². The number of benzene rings is 3. The van der Waals surface area contributed by atoms with Gasteiger partial charge >= 0.3 is 0 Å².